The lowest BCUT2D eigenvalue weighted by atomic mass is 10.3. The fourth-order valence-electron chi connectivity index (χ4n) is 1.57. The lowest BCUT2D eigenvalue weighted by Gasteiger charge is -2.14. The van der Waals surface area contributed by atoms with Gasteiger partial charge in [0.1, 0.15) is 5.52 Å². The minimum absolute atomic E-state index is 0.0819. The summed E-state index contributed by atoms with van der Waals surface area (Å²) in [4.78, 5) is 18.9. The first-order valence-corrected chi connectivity index (χ1v) is 7.29. The standard InChI is InChI=1S/C12H15N2O2P/c1-3-17(4-2)16-11-6-5-9-12(14-11)10(15)7-8-13-9/h5-8H,3-4H2,1-2H3,(H,13,15). The van der Waals surface area contributed by atoms with Crippen molar-refractivity contribution in [3.05, 3.63) is 34.6 Å². The number of fused-ring (bicyclic) bond motifs is 1. The molecule has 2 heterocycles. The summed E-state index contributed by atoms with van der Waals surface area (Å²) >= 11 is 0. The highest BCUT2D eigenvalue weighted by Crippen LogP contribution is 2.36. The van der Waals surface area contributed by atoms with Gasteiger partial charge in [-0.2, -0.15) is 0 Å². The number of nitrogens with one attached hydrogen (secondary N) is 1. The third-order valence-electron chi connectivity index (χ3n) is 2.50. The molecule has 0 saturated heterocycles. The Hall–Kier alpha value is -1.41. The summed E-state index contributed by atoms with van der Waals surface area (Å²) in [5, 5.41) is 0. The van der Waals surface area contributed by atoms with E-state index in [-0.39, 0.29) is 5.43 Å². The third-order valence-corrected chi connectivity index (χ3v) is 4.36. The van der Waals surface area contributed by atoms with Crippen LogP contribution in [0.1, 0.15) is 13.8 Å². The largest absolute Gasteiger partial charge is 0.457 e. The Morgan fingerprint density at radius 1 is 1.29 bits per heavy atom. The molecule has 0 unspecified atom stereocenters. The number of rotatable bonds is 4. The van der Waals surface area contributed by atoms with Gasteiger partial charge in [-0.1, -0.05) is 13.8 Å². The van der Waals surface area contributed by atoms with Gasteiger partial charge in [-0.25, -0.2) is 4.98 Å². The molecule has 90 valence electrons. The summed E-state index contributed by atoms with van der Waals surface area (Å²) in [5.41, 5.74) is 1.09. The minimum Gasteiger partial charge on any atom is -0.457 e. The summed E-state index contributed by atoms with van der Waals surface area (Å²) < 4.78 is 5.78. The molecule has 0 bridgehead atoms. The Labute approximate surface area is 101 Å². The van der Waals surface area contributed by atoms with Crippen molar-refractivity contribution in [2.45, 2.75) is 13.8 Å². The Morgan fingerprint density at radius 3 is 2.76 bits per heavy atom. The Balaban J connectivity index is 2.37. The van der Waals surface area contributed by atoms with Crippen molar-refractivity contribution in [1.82, 2.24) is 9.97 Å². The van der Waals surface area contributed by atoms with Crippen LogP contribution in [-0.2, 0) is 0 Å². The Morgan fingerprint density at radius 2 is 2.06 bits per heavy atom. The average Bonchev–Trinajstić information content (AvgIpc) is 2.37. The van der Waals surface area contributed by atoms with Crippen molar-refractivity contribution in [3.8, 4) is 5.88 Å². The van der Waals surface area contributed by atoms with Crippen LogP contribution in [-0.4, -0.2) is 22.3 Å². The first kappa shape index (κ1) is 12.1. The maximum Gasteiger partial charge on any atom is 0.216 e. The van der Waals surface area contributed by atoms with E-state index < -0.39 is 8.15 Å². The molecule has 0 radical (unpaired) electrons. The highest BCUT2D eigenvalue weighted by Gasteiger charge is 2.08. The van der Waals surface area contributed by atoms with Gasteiger partial charge in [0.15, 0.2) is 0 Å². The number of hydrogen-bond donors (Lipinski definition) is 1. The van der Waals surface area contributed by atoms with Crippen molar-refractivity contribution < 1.29 is 4.52 Å². The van der Waals surface area contributed by atoms with Crippen LogP contribution in [0, 0.1) is 0 Å². The molecule has 5 heteroatoms. The van der Waals surface area contributed by atoms with Crippen LogP contribution in [0.4, 0.5) is 0 Å². The maximum atomic E-state index is 11.6. The molecular weight excluding hydrogens is 235 g/mol. The lowest BCUT2D eigenvalue weighted by molar-refractivity contribution is 0.590. The van der Waals surface area contributed by atoms with E-state index in [2.05, 4.69) is 23.8 Å². The first-order chi connectivity index (χ1) is 8.24. The van der Waals surface area contributed by atoms with Crippen molar-refractivity contribution in [1.29, 1.82) is 0 Å². The molecule has 17 heavy (non-hydrogen) atoms. The van der Waals surface area contributed by atoms with E-state index in [0.29, 0.717) is 11.4 Å². The molecule has 2 aromatic rings. The molecule has 0 saturated carbocycles. The van der Waals surface area contributed by atoms with Crippen molar-refractivity contribution in [2.75, 3.05) is 12.3 Å². The summed E-state index contributed by atoms with van der Waals surface area (Å²) in [7, 11) is -0.472. The lowest BCUT2D eigenvalue weighted by Crippen LogP contribution is -2.03. The van der Waals surface area contributed by atoms with Gasteiger partial charge in [-0.05, 0) is 6.07 Å². The zero-order chi connectivity index (χ0) is 12.3. The highest BCUT2D eigenvalue weighted by atomic mass is 31.1. The van der Waals surface area contributed by atoms with Crippen LogP contribution in [0.5, 0.6) is 5.88 Å². The molecule has 0 fully saturated rings. The van der Waals surface area contributed by atoms with Crippen LogP contribution in [0.15, 0.2) is 29.2 Å². The number of nitrogens with zero attached hydrogens (tertiary/aromatic N) is 1. The summed E-state index contributed by atoms with van der Waals surface area (Å²) in [6, 6.07) is 5.11. The number of H-pyrrole nitrogens is 1. The Bertz CT molecular complexity index is 564. The second kappa shape index (κ2) is 5.28. The van der Waals surface area contributed by atoms with Crippen LogP contribution < -0.4 is 9.95 Å². The van der Waals surface area contributed by atoms with E-state index in [9.17, 15) is 4.79 Å². The predicted molar refractivity (Wildman–Crippen MR) is 71.0 cm³/mol. The van der Waals surface area contributed by atoms with Gasteiger partial charge in [0.25, 0.3) is 0 Å². The summed E-state index contributed by atoms with van der Waals surface area (Å²) in [5.74, 6) is 0.545. The van der Waals surface area contributed by atoms with Crippen molar-refractivity contribution in [2.24, 2.45) is 0 Å². The van der Waals surface area contributed by atoms with E-state index in [1.54, 1.807) is 12.3 Å². The van der Waals surface area contributed by atoms with E-state index in [1.807, 2.05) is 6.07 Å². The summed E-state index contributed by atoms with van der Waals surface area (Å²) in [6.45, 7) is 4.20. The van der Waals surface area contributed by atoms with Crippen molar-refractivity contribution >= 4 is 19.2 Å². The van der Waals surface area contributed by atoms with Gasteiger partial charge in [-0.3, -0.25) is 4.79 Å². The third kappa shape index (κ3) is 2.64. The van der Waals surface area contributed by atoms with E-state index in [1.165, 1.54) is 6.07 Å². The second-order valence-electron chi connectivity index (χ2n) is 3.59. The molecule has 0 aromatic carbocycles. The number of aromatic amines is 1. The van der Waals surface area contributed by atoms with Crippen LogP contribution in [0.25, 0.3) is 11.0 Å². The minimum atomic E-state index is -0.472. The Kier molecular flexibility index (Phi) is 3.75. The molecule has 0 aliphatic carbocycles. The maximum absolute atomic E-state index is 11.6. The molecular formula is C12H15N2O2P. The van der Waals surface area contributed by atoms with E-state index in [0.717, 1.165) is 17.8 Å². The zero-order valence-electron chi connectivity index (χ0n) is 9.93. The molecule has 0 atom stereocenters. The quantitative estimate of drug-likeness (QED) is 0.849. The highest BCUT2D eigenvalue weighted by molar-refractivity contribution is 7.52. The molecule has 2 rings (SSSR count). The SMILES string of the molecule is CCP(CC)Oc1ccc2[nH]ccc(=O)c2n1. The molecule has 0 amide bonds. The van der Waals surface area contributed by atoms with Crippen LogP contribution >= 0.6 is 8.15 Å². The van der Waals surface area contributed by atoms with Gasteiger partial charge in [0.2, 0.25) is 11.3 Å². The molecule has 0 aliphatic heterocycles. The predicted octanol–water partition coefficient (Wildman–Crippen LogP) is 2.74. The summed E-state index contributed by atoms with van der Waals surface area (Å²) in [6.07, 6.45) is 3.62. The second-order valence-corrected chi connectivity index (χ2v) is 6.00. The normalized spacial score (nSPS) is 11.0. The topological polar surface area (TPSA) is 55.0 Å². The molecule has 1 N–H and O–H groups in total. The van der Waals surface area contributed by atoms with Gasteiger partial charge < -0.3 is 9.51 Å². The van der Waals surface area contributed by atoms with Crippen LogP contribution in [0.3, 0.4) is 0 Å². The molecule has 2 aromatic heterocycles. The number of aromatic nitrogens is 2. The molecule has 4 nitrogen and oxygen atoms in total. The van der Waals surface area contributed by atoms with Gasteiger partial charge >= 0.3 is 0 Å². The van der Waals surface area contributed by atoms with Gasteiger partial charge in [-0.15, -0.1) is 0 Å². The smallest absolute Gasteiger partial charge is 0.216 e. The average molecular weight is 250 g/mol. The van der Waals surface area contributed by atoms with Crippen LogP contribution in [0.2, 0.25) is 0 Å². The number of hydrogen-bond acceptors (Lipinski definition) is 3. The van der Waals surface area contributed by atoms with Gasteiger partial charge in [0.05, 0.1) is 13.7 Å². The molecule has 0 aliphatic rings. The van der Waals surface area contributed by atoms with Crippen molar-refractivity contribution in [3.63, 3.8) is 0 Å². The fourth-order valence-corrected chi connectivity index (χ4v) is 2.64. The fraction of sp³-hybridized carbons (Fsp3) is 0.333. The molecule has 0 spiro atoms. The first-order valence-electron chi connectivity index (χ1n) is 5.66. The zero-order valence-corrected chi connectivity index (χ0v) is 10.8. The number of pyridine rings is 2. The van der Waals surface area contributed by atoms with Gasteiger partial charge in [0, 0.05) is 30.7 Å². The van der Waals surface area contributed by atoms with E-state index in [4.69, 9.17) is 4.52 Å². The van der Waals surface area contributed by atoms with E-state index >= 15 is 0 Å². The monoisotopic (exact) mass is 250 g/mol.